The molecule has 0 amide bonds. The van der Waals surface area contributed by atoms with Crippen molar-refractivity contribution in [3.63, 3.8) is 0 Å². The Bertz CT molecular complexity index is 1650. The van der Waals surface area contributed by atoms with E-state index in [1.807, 2.05) is 37.3 Å². The van der Waals surface area contributed by atoms with Gasteiger partial charge in [-0.2, -0.15) is 0 Å². The number of esters is 1. The number of nitrogens with one attached hydrogen (secondary N) is 1. The van der Waals surface area contributed by atoms with Crippen molar-refractivity contribution in [2.75, 3.05) is 4.72 Å². The highest BCUT2D eigenvalue weighted by Crippen LogP contribution is 2.32. The number of sulfonamides is 1. The van der Waals surface area contributed by atoms with Crippen LogP contribution in [0.1, 0.15) is 35.3 Å². The van der Waals surface area contributed by atoms with Crippen LogP contribution >= 0.6 is 11.3 Å². The van der Waals surface area contributed by atoms with Crippen LogP contribution in [-0.2, 0) is 21.2 Å². The van der Waals surface area contributed by atoms with Crippen LogP contribution in [0.3, 0.4) is 0 Å². The molecule has 0 atom stereocenters. The predicted octanol–water partition coefficient (Wildman–Crippen LogP) is 7.22. The van der Waals surface area contributed by atoms with Crippen molar-refractivity contribution in [1.29, 1.82) is 0 Å². The van der Waals surface area contributed by atoms with E-state index in [2.05, 4.69) is 29.4 Å². The first-order valence-electron chi connectivity index (χ1n) is 11.4. The maximum absolute atomic E-state index is 13.1. The number of aromatic nitrogens is 1. The second-order valence-corrected chi connectivity index (χ2v) is 11.4. The predicted molar refractivity (Wildman–Crippen MR) is 151 cm³/mol. The highest BCUT2D eigenvalue weighted by molar-refractivity contribution is 7.92. The third-order valence-corrected chi connectivity index (χ3v) is 7.85. The zero-order chi connectivity index (χ0) is 26.7. The van der Waals surface area contributed by atoms with Crippen LogP contribution in [0.15, 0.2) is 96.6 Å². The topological polar surface area (TPSA) is 85.4 Å². The summed E-state index contributed by atoms with van der Waals surface area (Å²) in [6, 6.07) is 17.3. The number of allylic oxidation sites excluding steroid dienone is 2. The summed E-state index contributed by atoms with van der Waals surface area (Å²) in [5, 5.41) is 0.833. The van der Waals surface area contributed by atoms with Gasteiger partial charge in [0, 0.05) is 11.3 Å². The number of rotatable bonds is 9. The lowest BCUT2D eigenvalue weighted by atomic mass is 10.0. The Labute approximate surface area is 220 Å². The Balaban J connectivity index is 1.59. The molecule has 0 aliphatic heterocycles. The minimum absolute atomic E-state index is 0.0556. The molecule has 6 nitrogen and oxygen atoms in total. The first-order chi connectivity index (χ1) is 17.6. The van der Waals surface area contributed by atoms with E-state index in [0.29, 0.717) is 17.7 Å². The van der Waals surface area contributed by atoms with Crippen LogP contribution in [0.2, 0.25) is 0 Å². The summed E-state index contributed by atoms with van der Waals surface area (Å²) in [4.78, 5) is 17.2. The summed E-state index contributed by atoms with van der Waals surface area (Å²) in [6.45, 7) is 14.7. The quantitative estimate of drug-likeness (QED) is 0.140. The van der Waals surface area contributed by atoms with Gasteiger partial charge < -0.3 is 4.74 Å². The average Bonchev–Trinajstić information content (AvgIpc) is 3.27. The third-order valence-electron chi connectivity index (χ3n) is 5.40. The average molecular weight is 531 g/mol. The van der Waals surface area contributed by atoms with E-state index < -0.39 is 16.0 Å². The Kier molecular flexibility index (Phi) is 7.42. The normalized spacial score (nSPS) is 11.2. The summed E-state index contributed by atoms with van der Waals surface area (Å²) in [5.41, 5.74) is 4.78. The van der Waals surface area contributed by atoms with Crippen molar-refractivity contribution >= 4 is 49.3 Å². The van der Waals surface area contributed by atoms with E-state index in [1.54, 1.807) is 42.5 Å². The van der Waals surface area contributed by atoms with E-state index in [1.165, 1.54) is 12.1 Å². The molecular formula is C29H26N2O4S2. The molecule has 1 aromatic heterocycles. The first-order valence-corrected chi connectivity index (χ1v) is 13.7. The van der Waals surface area contributed by atoms with Crippen molar-refractivity contribution in [3.05, 3.63) is 108 Å². The number of benzene rings is 3. The molecule has 1 heterocycles. The Morgan fingerprint density at radius 3 is 2.43 bits per heavy atom. The molecule has 0 bridgehead atoms. The van der Waals surface area contributed by atoms with Crippen LogP contribution in [-0.4, -0.2) is 19.4 Å². The van der Waals surface area contributed by atoms with E-state index in [4.69, 9.17) is 4.74 Å². The maximum atomic E-state index is 13.1. The number of carbonyl (C=O) groups excluding carboxylic acids is 1. The molecule has 4 aromatic rings. The fourth-order valence-corrected chi connectivity index (χ4v) is 5.80. The SMILES string of the molecule is C=Cc1ccc2nc(-c3ccc(NS(=O)(=O)c4ccc(CC(=C)C)c(C(=O)OC(=C)C)c4)cc3)sc2c1. The smallest absolute Gasteiger partial charge is 0.343 e. The number of hydrogen-bond donors (Lipinski definition) is 1. The largest absolute Gasteiger partial charge is 0.428 e. The maximum Gasteiger partial charge on any atom is 0.343 e. The Hall–Kier alpha value is -4.01. The van der Waals surface area contributed by atoms with E-state index >= 15 is 0 Å². The second-order valence-electron chi connectivity index (χ2n) is 8.68. The molecule has 3 aromatic carbocycles. The van der Waals surface area contributed by atoms with Crippen molar-refractivity contribution in [2.24, 2.45) is 0 Å². The minimum atomic E-state index is -3.97. The summed E-state index contributed by atoms with van der Waals surface area (Å²) in [6.07, 6.45) is 2.21. The molecular weight excluding hydrogens is 504 g/mol. The van der Waals surface area contributed by atoms with Crippen molar-refractivity contribution < 1.29 is 17.9 Å². The number of hydrogen-bond acceptors (Lipinski definition) is 6. The van der Waals surface area contributed by atoms with Gasteiger partial charge in [0.2, 0.25) is 0 Å². The van der Waals surface area contributed by atoms with Gasteiger partial charge in [-0.1, -0.05) is 43.5 Å². The number of thiazole rings is 1. The molecule has 4 rings (SSSR count). The van der Waals surface area contributed by atoms with Crippen molar-refractivity contribution in [3.8, 4) is 10.6 Å². The van der Waals surface area contributed by atoms with Crippen LogP contribution in [0, 0.1) is 0 Å². The molecule has 37 heavy (non-hydrogen) atoms. The molecule has 0 saturated heterocycles. The van der Waals surface area contributed by atoms with E-state index in [0.717, 1.165) is 31.9 Å². The molecule has 1 N–H and O–H groups in total. The number of ether oxygens (including phenoxy) is 1. The van der Waals surface area contributed by atoms with Crippen LogP contribution in [0.4, 0.5) is 5.69 Å². The van der Waals surface area contributed by atoms with Gasteiger partial charge in [-0.05, 0) is 79.9 Å². The molecule has 188 valence electrons. The van der Waals surface area contributed by atoms with Gasteiger partial charge in [0.1, 0.15) is 5.01 Å². The monoisotopic (exact) mass is 530 g/mol. The van der Waals surface area contributed by atoms with Gasteiger partial charge in [0.25, 0.3) is 10.0 Å². The van der Waals surface area contributed by atoms with E-state index in [-0.39, 0.29) is 16.2 Å². The third kappa shape index (κ3) is 6.04. The zero-order valence-corrected chi connectivity index (χ0v) is 22.2. The minimum Gasteiger partial charge on any atom is -0.428 e. The standard InChI is InChI=1S/C29H26N2O4S2/c1-6-20-7-14-26-27(16-20)36-28(30-26)21-8-11-23(12-9-21)31-37(33,34)24-13-10-22(15-18(2)3)25(17-24)29(32)35-19(4)5/h6-14,16-17,31H,1-2,4,15H2,3,5H3. The molecule has 0 unspecified atom stereocenters. The molecule has 0 spiro atoms. The lowest BCUT2D eigenvalue weighted by Gasteiger charge is -2.13. The van der Waals surface area contributed by atoms with E-state index in [9.17, 15) is 13.2 Å². The zero-order valence-electron chi connectivity index (χ0n) is 20.6. The number of nitrogens with zero attached hydrogens (tertiary/aromatic N) is 1. The molecule has 0 aliphatic rings. The summed E-state index contributed by atoms with van der Waals surface area (Å²) >= 11 is 1.56. The van der Waals surface area contributed by atoms with Crippen molar-refractivity contribution in [2.45, 2.75) is 25.2 Å². The second kappa shape index (κ2) is 10.5. The first kappa shape index (κ1) is 26.1. The van der Waals surface area contributed by atoms with Gasteiger partial charge in [-0.3, -0.25) is 4.72 Å². The number of fused-ring (bicyclic) bond motifs is 1. The van der Waals surface area contributed by atoms with Gasteiger partial charge in [-0.25, -0.2) is 18.2 Å². The van der Waals surface area contributed by atoms with Crippen molar-refractivity contribution in [1.82, 2.24) is 4.98 Å². The fourth-order valence-electron chi connectivity index (χ4n) is 3.69. The lowest BCUT2D eigenvalue weighted by molar-refractivity contribution is 0.0626. The fraction of sp³-hybridized carbons (Fsp3) is 0.103. The molecule has 0 radical (unpaired) electrons. The molecule has 0 saturated carbocycles. The van der Waals surface area contributed by atoms with Crippen LogP contribution in [0.5, 0.6) is 0 Å². The number of anilines is 1. The summed E-state index contributed by atoms with van der Waals surface area (Å²) in [7, 11) is -3.97. The molecule has 0 fully saturated rings. The number of carbonyl (C=O) groups is 1. The highest BCUT2D eigenvalue weighted by Gasteiger charge is 2.21. The summed E-state index contributed by atoms with van der Waals surface area (Å²) in [5.74, 6) is -0.451. The van der Waals surface area contributed by atoms with Crippen LogP contribution < -0.4 is 4.72 Å². The van der Waals surface area contributed by atoms with Gasteiger partial charge in [-0.15, -0.1) is 11.3 Å². The lowest BCUT2D eigenvalue weighted by Crippen LogP contribution is -2.15. The van der Waals surface area contributed by atoms with Gasteiger partial charge >= 0.3 is 5.97 Å². The summed E-state index contributed by atoms with van der Waals surface area (Å²) < 4.78 is 35.1. The molecule has 0 aliphatic carbocycles. The highest BCUT2D eigenvalue weighted by atomic mass is 32.2. The van der Waals surface area contributed by atoms with Gasteiger partial charge in [0.05, 0.1) is 26.4 Å². The van der Waals surface area contributed by atoms with Crippen LogP contribution in [0.25, 0.3) is 26.9 Å². The van der Waals surface area contributed by atoms with Gasteiger partial charge in [0.15, 0.2) is 0 Å². The molecule has 8 heteroatoms. The Morgan fingerprint density at radius 2 is 1.78 bits per heavy atom. The Morgan fingerprint density at radius 1 is 1.05 bits per heavy atom.